The van der Waals surface area contributed by atoms with Crippen molar-refractivity contribution in [3.63, 3.8) is 0 Å². The van der Waals surface area contributed by atoms with Crippen molar-refractivity contribution in [2.75, 3.05) is 42.9 Å². The summed E-state index contributed by atoms with van der Waals surface area (Å²) in [5, 5.41) is 18.5. The van der Waals surface area contributed by atoms with Crippen LogP contribution in [0.1, 0.15) is 90.7 Å². The zero-order chi connectivity index (χ0) is 43.9. The molecule has 0 spiro atoms. The van der Waals surface area contributed by atoms with Gasteiger partial charge in [-0.2, -0.15) is 10.2 Å². The number of pyridine rings is 1. The molecule has 2 saturated heterocycles. The van der Waals surface area contributed by atoms with E-state index < -0.39 is 24.3 Å². The fraction of sp³-hybridized carbons (Fsp3) is 0.422. The molecule has 63 heavy (non-hydrogen) atoms. The third-order valence-corrected chi connectivity index (χ3v) is 12.8. The van der Waals surface area contributed by atoms with Gasteiger partial charge in [0.25, 0.3) is 12.3 Å². The van der Waals surface area contributed by atoms with Crippen molar-refractivity contribution in [1.82, 2.24) is 45.0 Å². The number of aromatic nitrogens is 5. The lowest BCUT2D eigenvalue weighted by Crippen LogP contribution is -2.52. The molecule has 0 radical (unpaired) electrons. The van der Waals surface area contributed by atoms with E-state index in [1.807, 2.05) is 21.9 Å². The number of nitrogens with zero attached hydrogens (tertiary/aromatic N) is 8. The van der Waals surface area contributed by atoms with Crippen LogP contribution in [0.4, 0.5) is 26.0 Å². The number of carbonyl (C=O) groups excluding carboxylic acids is 5. The van der Waals surface area contributed by atoms with E-state index in [-0.39, 0.29) is 48.6 Å². The van der Waals surface area contributed by atoms with Gasteiger partial charge in [-0.15, -0.1) is 0 Å². The number of imide groups is 1. The minimum atomic E-state index is -2.70. The molecule has 9 rings (SSSR count). The van der Waals surface area contributed by atoms with Gasteiger partial charge in [-0.25, -0.2) is 8.78 Å². The van der Waals surface area contributed by atoms with Gasteiger partial charge in [0, 0.05) is 117 Å². The third-order valence-electron chi connectivity index (χ3n) is 12.8. The zero-order valence-corrected chi connectivity index (χ0v) is 35.2. The fourth-order valence-electron chi connectivity index (χ4n) is 9.47. The lowest BCUT2D eigenvalue weighted by molar-refractivity contribution is -0.135. The molecule has 2 fully saturated rings. The Morgan fingerprint density at radius 1 is 0.984 bits per heavy atom. The summed E-state index contributed by atoms with van der Waals surface area (Å²) in [5.74, 6) is -0.700. The highest BCUT2D eigenvalue weighted by Crippen LogP contribution is 2.44. The van der Waals surface area contributed by atoms with E-state index in [0.29, 0.717) is 103 Å². The maximum atomic E-state index is 14.7. The molecule has 3 N–H and O–H groups in total. The van der Waals surface area contributed by atoms with Crippen LogP contribution in [0.2, 0.25) is 0 Å². The van der Waals surface area contributed by atoms with Gasteiger partial charge in [0.15, 0.2) is 5.82 Å². The molecule has 18 heteroatoms. The number of likely N-dealkylation sites (tertiary alicyclic amines) is 1. The van der Waals surface area contributed by atoms with Gasteiger partial charge < -0.3 is 25.3 Å². The fourth-order valence-corrected chi connectivity index (χ4v) is 9.47. The molecule has 0 bridgehead atoms. The Morgan fingerprint density at radius 2 is 1.81 bits per heavy atom. The summed E-state index contributed by atoms with van der Waals surface area (Å²) in [4.78, 5) is 73.4. The highest BCUT2D eigenvalue weighted by atomic mass is 19.3. The predicted octanol–water partition coefficient (Wildman–Crippen LogP) is 4.96. The van der Waals surface area contributed by atoms with Gasteiger partial charge >= 0.3 is 0 Å². The van der Waals surface area contributed by atoms with Crippen LogP contribution < -0.4 is 20.9 Å². The van der Waals surface area contributed by atoms with Crippen LogP contribution in [-0.4, -0.2) is 103 Å². The molecule has 3 aromatic heterocycles. The second-order valence-electron chi connectivity index (χ2n) is 16.7. The first-order valence-electron chi connectivity index (χ1n) is 21.5. The Bertz CT molecular complexity index is 2630. The van der Waals surface area contributed by atoms with Crippen LogP contribution in [0, 0.1) is 0 Å². The number of hydrogen-bond acceptors (Lipinski definition) is 10. The van der Waals surface area contributed by atoms with E-state index in [2.05, 4.69) is 35.6 Å². The number of hydrogen-bond donors (Lipinski definition) is 3. The molecule has 1 atom stereocenters. The van der Waals surface area contributed by atoms with Crippen LogP contribution in [0.5, 0.6) is 0 Å². The monoisotopic (exact) mass is 861 g/mol. The number of alkyl halides is 2. The number of anilines is 3. The van der Waals surface area contributed by atoms with Gasteiger partial charge in [0.1, 0.15) is 6.04 Å². The molecular weight excluding hydrogens is 813 g/mol. The van der Waals surface area contributed by atoms with Gasteiger partial charge in [0.2, 0.25) is 23.6 Å². The van der Waals surface area contributed by atoms with Crippen LogP contribution in [-0.2, 0) is 45.6 Å². The maximum Gasteiger partial charge on any atom is 0.264 e. The Balaban J connectivity index is 0.879. The van der Waals surface area contributed by atoms with Crippen molar-refractivity contribution in [1.29, 1.82) is 0 Å². The second-order valence-corrected chi connectivity index (χ2v) is 16.7. The second kappa shape index (κ2) is 17.2. The van der Waals surface area contributed by atoms with Crippen LogP contribution >= 0.6 is 0 Å². The molecule has 4 aliphatic rings. The Morgan fingerprint density at radius 3 is 2.56 bits per heavy atom. The number of carbonyl (C=O) groups is 5. The number of fused-ring (bicyclic) bond motifs is 3. The van der Waals surface area contributed by atoms with Crippen LogP contribution in [0.25, 0.3) is 22.0 Å². The van der Waals surface area contributed by atoms with Crippen molar-refractivity contribution in [3.05, 3.63) is 82.9 Å². The first-order chi connectivity index (χ1) is 30.4. The minimum absolute atomic E-state index is 0.00862. The molecule has 0 saturated carbocycles. The number of nitrogens with one attached hydrogen (secondary N) is 3. The van der Waals surface area contributed by atoms with E-state index in [0.717, 1.165) is 29.7 Å². The van der Waals surface area contributed by atoms with E-state index in [1.54, 1.807) is 61.5 Å². The highest BCUT2D eigenvalue weighted by Gasteiger charge is 2.35. The lowest BCUT2D eigenvalue weighted by Gasteiger charge is -2.34. The first-order valence-corrected chi connectivity index (χ1v) is 21.5. The van der Waals surface area contributed by atoms with Crippen molar-refractivity contribution < 1.29 is 32.8 Å². The zero-order valence-electron chi connectivity index (χ0n) is 35.2. The number of amides is 5. The van der Waals surface area contributed by atoms with E-state index in [4.69, 9.17) is 5.10 Å². The van der Waals surface area contributed by atoms with Crippen molar-refractivity contribution in [2.45, 2.75) is 83.3 Å². The van der Waals surface area contributed by atoms with E-state index in [9.17, 15) is 32.8 Å². The molecule has 1 unspecified atom stereocenters. The summed E-state index contributed by atoms with van der Waals surface area (Å²) in [5.41, 5.74) is 6.15. The van der Waals surface area contributed by atoms with Crippen molar-refractivity contribution in [2.24, 2.45) is 7.05 Å². The van der Waals surface area contributed by atoms with Crippen LogP contribution in [0.15, 0.2) is 55.0 Å². The van der Waals surface area contributed by atoms with Crippen molar-refractivity contribution in [3.8, 4) is 11.1 Å². The van der Waals surface area contributed by atoms with Gasteiger partial charge in [0.05, 0.1) is 29.9 Å². The molecular formula is C45H49F2N11O5. The molecule has 7 heterocycles. The minimum Gasteiger partial charge on any atom is -0.384 e. The van der Waals surface area contributed by atoms with Gasteiger partial charge in [-0.1, -0.05) is 0 Å². The number of aryl methyl sites for hydroxylation is 2. The SMILES string of the molecule is CC(=O)N1CCc2c(c(N3CCCc4cc(-c5cnn(C)c5)c(C(F)F)cc43)nn2C2CCN(C(=O)CCNc3ccc(C(=O)NC4CCC(=O)NC4=O)c4ncccc34)CC2)C1. The molecule has 16 nitrogen and oxygen atoms in total. The molecule has 0 aliphatic carbocycles. The van der Waals surface area contributed by atoms with Crippen molar-refractivity contribution >= 4 is 57.6 Å². The summed E-state index contributed by atoms with van der Waals surface area (Å²) in [6, 6.07) is 9.66. The largest absolute Gasteiger partial charge is 0.384 e. The summed E-state index contributed by atoms with van der Waals surface area (Å²) < 4.78 is 33.1. The number of benzene rings is 2. The summed E-state index contributed by atoms with van der Waals surface area (Å²) in [7, 11) is 1.76. The van der Waals surface area contributed by atoms with Crippen LogP contribution in [0.3, 0.4) is 0 Å². The summed E-state index contributed by atoms with van der Waals surface area (Å²) >= 11 is 0. The van der Waals surface area contributed by atoms with E-state index in [1.165, 1.54) is 0 Å². The quantitative estimate of drug-likeness (QED) is 0.163. The number of piperidine rings is 2. The normalized spacial score (nSPS) is 18.0. The molecule has 4 aliphatic heterocycles. The van der Waals surface area contributed by atoms with Gasteiger partial charge in [-0.3, -0.25) is 43.6 Å². The van der Waals surface area contributed by atoms with Gasteiger partial charge in [-0.05, 0) is 79.6 Å². The smallest absolute Gasteiger partial charge is 0.264 e. The Kier molecular flexibility index (Phi) is 11.4. The summed E-state index contributed by atoms with van der Waals surface area (Å²) in [6.45, 7) is 4.53. The lowest BCUT2D eigenvalue weighted by atomic mass is 9.92. The van der Waals surface area contributed by atoms with E-state index >= 15 is 0 Å². The third kappa shape index (κ3) is 8.21. The number of halogens is 2. The summed E-state index contributed by atoms with van der Waals surface area (Å²) in [6.07, 6.45) is 6.37. The maximum absolute atomic E-state index is 14.7. The Hall–Kier alpha value is -6.72. The highest BCUT2D eigenvalue weighted by molar-refractivity contribution is 6.10. The molecule has 5 aromatic rings. The average molecular weight is 862 g/mol. The Labute approximate surface area is 362 Å². The molecule has 328 valence electrons. The topological polar surface area (TPSA) is 180 Å². The standard InChI is InChI=1S/C45H49F2N11O5/c1-26(59)56-20-14-37-34(25-56)43(57-17-4-5-27-21-32(28-23-50-54(2)24-28)33(42(46)47)22-38(27)57)53-58(37)29-12-18-55(19-13-29)40(61)11-16-48-35-8-7-31(41-30(35)6-3-15-49-41)44(62)51-36-9-10-39(60)52-45(36)63/h3,6-8,15,21-24,29,36,42,48H,4-5,9-14,16-20,25H2,1-2H3,(H,51,62)(H,52,60,63). The predicted molar refractivity (Wildman–Crippen MR) is 229 cm³/mol. The average Bonchev–Trinajstić information content (AvgIpc) is 3.90. The first kappa shape index (κ1) is 41.6. The number of rotatable bonds is 10. The molecule has 2 aromatic carbocycles. The molecule has 5 amide bonds.